The van der Waals surface area contributed by atoms with Crippen LogP contribution >= 0.6 is 0 Å². The van der Waals surface area contributed by atoms with Crippen LogP contribution in [0, 0.1) is 12.8 Å². The van der Waals surface area contributed by atoms with Crippen molar-refractivity contribution in [1.29, 1.82) is 0 Å². The van der Waals surface area contributed by atoms with E-state index in [0.717, 1.165) is 25.7 Å². The lowest BCUT2D eigenvalue weighted by molar-refractivity contribution is 0.0605. The molecule has 18 heavy (non-hydrogen) atoms. The maximum Gasteiger partial charge on any atom is 0.0468 e. The smallest absolute Gasteiger partial charge is 0.0468 e. The molecule has 1 N–H and O–H groups in total. The lowest BCUT2D eigenvalue weighted by atomic mass is 9.89. The number of nitrogens with zero attached hydrogens (tertiary/aromatic N) is 1. The van der Waals surface area contributed by atoms with Crippen LogP contribution in [0.15, 0.2) is 18.5 Å². The highest BCUT2D eigenvalue weighted by Crippen LogP contribution is 2.27. The molecule has 0 bridgehead atoms. The van der Waals surface area contributed by atoms with E-state index in [1.54, 1.807) is 0 Å². The first-order chi connectivity index (χ1) is 8.79. The van der Waals surface area contributed by atoms with Gasteiger partial charge in [-0.3, -0.25) is 4.98 Å². The minimum atomic E-state index is 0.436. The number of aryl methyl sites for hydroxylation is 1. The molecule has 3 nitrogen and oxygen atoms in total. The summed E-state index contributed by atoms with van der Waals surface area (Å²) in [5.41, 5.74) is 2.56. The number of rotatable bonds is 5. The SMILES string of the molecule is CCNC(CC1CCOCC1)c1cncc(C)c1. The number of ether oxygens (including phenoxy) is 1. The normalized spacial score (nSPS) is 18.8. The fourth-order valence-corrected chi connectivity index (χ4v) is 2.67. The van der Waals surface area contributed by atoms with Crippen molar-refractivity contribution in [1.82, 2.24) is 10.3 Å². The molecule has 0 saturated carbocycles. The Morgan fingerprint density at radius 2 is 2.17 bits per heavy atom. The van der Waals surface area contributed by atoms with Crippen molar-refractivity contribution >= 4 is 0 Å². The van der Waals surface area contributed by atoms with Gasteiger partial charge in [-0.2, -0.15) is 0 Å². The minimum Gasteiger partial charge on any atom is -0.381 e. The van der Waals surface area contributed by atoms with Crippen molar-refractivity contribution in [2.45, 2.75) is 39.2 Å². The molecule has 1 aliphatic heterocycles. The summed E-state index contributed by atoms with van der Waals surface area (Å²) in [5, 5.41) is 3.59. The zero-order valence-electron chi connectivity index (χ0n) is 11.5. The number of hydrogen-bond donors (Lipinski definition) is 1. The summed E-state index contributed by atoms with van der Waals surface area (Å²) in [5.74, 6) is 0.781. The Morgan fingerprint density at radius 1 is 1.39 bits per heavy atom. The molecule has 100 valence electrons. The third-order valence-electron chi connectivity index (χ3n) is 3.66. The Labute approximate surface area is 110 Å². The van der Waals surface area contributed by atoms with Crippen LogP contribution in [-0.2, 0) is 4.74 Å². The first-order valence-corrected chi connectivity index (χ1v) is 7.02. The van der Waals surface area contributed by atoms with Crippen LogP contribution in [0.4, 0.5) is 0 Å². The van der Waals surface area contributed by atoms with E-state index in [1.165, 1.54) is 30.4 Å². The molecule has 1 aromatic rings. The van der Waals surface area contributed by atoms with Gasteiger partial charge in [0.25, 0.3) is 0 Å². The van der Waals surface area contributed by atoms with E-state index in [1.807, 2.05) is 12.4 Å². The lowest BCUT2D eigenvalue weighted by Crippen LogP contribution is -2.26. The molecule has 1 aliphatic rings. The quantitative estimate of drug-likeness (QED) is 0.870. The van der Waals surface area contributed by atoms with Crippen LogP contribution in [0.25, 0.3) is 0 Å². The zero-order valence-corrected chi connectivity index (χ0v) is 11.5. The van der Waals surface area contributed by atoms with Gasteiger partial charge < -0.3 is 10.1 Å². The van der Waals surface area contributed by atoms with Gasteiger partial charge in [0.2, 0.25) is 0 Å². The van der Waals surface area contributed by atoms with Gasteiger partial charge >= 0.3 is 0 Å². The number of pyridine rings is 1. The first kappa shape index (κ1) is 13.5. The van der Waals surface area contributed by atoms with E-state index >= 15 is 0 Å². The van der Waals surface area contributed by atoms with Crippen molar-refractivity contribution in [3.63, 3.8) is 0 Å². The summed E-state index contributed by atoms with van der Waals surface area (Å²) in [6.07, 6.45) is 7.51. The summed E-state index contributed by atoms with van der Waals surface area (Å²) in [6.45, 7) is 7.13. The van der Waals surface area contributed by atoms with Crippen molar-refractivity contribution in [3.8, 4) is 0 Å². The lowest BCUT2D eigenvalue weighted by Gasteiger charge is -2.27. The molecular formula is C15H24N2O. The third-order valence-corrected chi connectivity index (χ3v) is 3.66. The number of aromatic nitrogens is 1. The molecule has 1 fully saturated rings. The molecule has 1 aromatic heterocycles. The summed E-state index contributed by atoms with van der Waals surface area (Å²) in [7, 11) is 0. The average Bonchev–Trinajstić information content (AvgIpc) is 2.39. The van der Waals surface area contributed by atoms with Crippen molar-refractivity contribution in [2.24, 2.45) is 5.92 Å². The molecule has 0 spiro atoms. The van der Waals surface area contributed by atoms with Crippen molar-refractivity contribution < 1.29 is 4.74 Å². The zero-order chi connectivity index (χ0) is 12.8. The fraction of sp³-hybridized carbons (Fsp3) is 0.667. The highest BCUT2D eigenvalue weighted by molar-refractivity contribution is 5.20. The van der Waals surface area contributed by atoms with E-state index in [-0.39, 0.29) is 0 Å². The topological polar surface area (TPSA) is 34.1 Å². The minimum absolute atomic E-state index is 0.436. The molecular weight excluding hydrogens is 224 g/mol. The van der Waals surface area contributed by atoms with E-state index in [2.05, 4.69) is 30.2 Å². The number of hydrogen-bond acceptors (Lipinski definition) is 3. The van der Waals surface area contributed by atoms with Gasteiger partial charge in [0.05, 0.1) is 0 Å². The molecule has 2 rings (SSSR count). The van der Waals surface area contributed by atoms with Gasteiger partial charge in [-0.25, -0.2) is 0 Å². The Morgan fingerprint density at radius 3 is 2.83 bits per heavy atom. The fourth-order valence-electron chi connectivity index (χ4n) is 2.67. The van der Waals surface area contributed by atoms with Crippen molar-refractivity contribution in [2.75, 3.05) is 19.8 Å². The summed E-state index contributed by atoms with van der Waals surface area (Å²) in [4.78, 5) is 4.32. The summed E-state index contributed by atoms with van der Waals surface area (Å²) >= 11 is 0. The average molecular weight is 248 g/mol. The predicted molar refractivity (Wildman–Crippen MR) is 73.6 cm³/mol. The maximum absolute atomic E-state index is 5.43. The van der Waals surface area contributed by atoms with Gasteiger partial charge in [-0.15, -0.1) is 0 Å². The second kappa shape index (κ2) is 6.86. The molecule has 1 saturated heterocycles. The molecule has 2 heterocycles. The highest BCUT2D eigenvalue weighted by Gasteiger charge is 2.20. The van der Waals surface area contributed by atoms with E-state index in [4.69, 9.17) is 4.74 Å². The maximum atomic E-state index is 5.43. The highest BCUT2D eigenvalue weighted by atomic mass is 16.5. The van der Waals surface area contributed by atoms with Gasteiger partial charge in [0.1, 0.15) is 0 Å². The third kappa shape index (κ3) is 3.79. The molecule has 1 unspecified atom stereocenters. The van der Waals surface area contributed by atoms with E-state index in [9.17, 15) is 0 Å². The largest absolute Gasteiger partial charge is 0.381 e. The van der Waals surface area contributed by atoms with Gasteiger partial charge in [-0.1, -0.05) is 13.0 Å². The summed E-state index contributed by atoms with van der Waals surface area (Å²) in [6, 6.07) is 2.69. The summed E-state index contributed by atoms with van der Waals surface area (Å²) < 4.78 is 5.43. The second-order valence-electron chi connectivity index (χ2n) is 5.20. The molecule has 0 radical (unpaired) electrons. The van der Waals surface area contributed by atoms with Crippen LogP contribution in [-0.4, -0.2) is 24.7 Å². The Hall–Kier alpha value is -0.930. The van der Waals surface area contributed by atoms with Crippen LogP contribution < -0.4 is 5.32 Å². The molecule has 0 aliphatic carbocycles. The van der Waals surface area contributed by atoms with Crippen LogP contribution in [0.1, 0.15) is 43.4 Å². The van der Waals surface area contributed by atoms with Gasteiger partial charge in [0.15, 0.2) is 0 Å². The van der Waals surface area contributed by atoms with Gasteiger partial charge in [0, 0.05) is 31.6 Å². The molecule has 0 aromatic carbocycles. The van der Waals surface area contributed by atoms with E-state index < -0.39 is 0 Å². The standard InChI is InChI=1S/C15H24N2O/c1-3-17-15(9-13-4-6-18-7-5-13)14-8-12(2)10-16-11-14/h8,10-11,13,15,17H,3-7,9H2,1-2H3. The van der Waals surface area contributed by atoms with Crippen LogP contribution in [0.2, 0.25) is 0 Å². The first-order valence-electron chi connectivity index (χ1n) is 7.02. The Kier molecular flexibility index (Phi) is 5.14. The molecule has 3 heteroatoms. The Bertz CT molecular complexity index is 361. The van der Waals surface area contributed by atoms with Crippen LogP contribution in [0.5, 0.6) is 0 Å². The number of nitrogens with one attached hydrogen (secondary N) is 1. The molecule has 0 amide bonds. The predicted octanol–water partition coefficient (Wildman–Crippen LogP) is 2.86. The monoisotopic (exact) mass is 248 g/mol. The van der Waals surface area contributed by atoms with Crippen LogP contribution in [0.3, 0.4) is 0 Å². The van der Waals surface area contributed by atoms with Gasteiger partial charge in [-0.05, 0) is 49.8 Å². The van der Waals surface area contributed by atoms with E-state index in [0.29, 0.717) is 6.04 Å². The Balaban J connectivity index is 2.02. The molecule has 1 atom stereocenters. The second-order valence-corrected chi connectivity index (χ2v) is 5.20. The van der Waals surface area contributed by atoms with Crippen molar-refractivity contribution in [3.05, 3.63) is 29.6 Å².